The van der Waals surface area contributed by atoms with Crippen LogP contribution in [0, 0.1) is 35.5 Å². The number of rotatable bonds is 8. The van der Waals surface area contributed by atoms with Crippen LogP contribution in [0.1, 0.15) is 155 Å². The normalized spacial score (nSPS) is 34.0. The molecule has 4 aromatic rings. The Kier molecular flexibility index (Phi) is 20.9. The Morgan fingerprint density at radius 1 is 0.622 bits per heavy atom. The van der Waals surface area contributed by atoms with Gasteiger partial charge >= 0.3 is 0 Å². The first-order chi connectivity index (χ1) is 43.2. The van der Waals surface area contributed by atoms with Crippen molar-refractivity contribution in [1.29, 1.82) is 0 Å². The summed E-state index contributed by atoms with van der Waals surface area (Å²) < 4.78 is 64.7. The fourth-order valence-electron chi connectivity index (χ4n) is 15.5. The molecule has 0 radical (unpaired) electrons. The SMILES string of the molecule is C=S1(=O)NC(=O)c2ccc3c(c2)N(C[C@@H]2CC[C@H]2[C@@H](OCCCC)/C=C/C[C@H](C)[C@H]1C)C[C@@]1(CCCc2cc(Cl)ccc21)CO3.C=S1(=O)NC(=O)c2ccc3c(c2)N(C[C@@H]2CC[C@H]2[C@@H](OCCOC)/C=C/C[C@H](C)[C@H]1C)C[C@@]1(CCCc2cc(Cl)ccc21)CO3. The molecule has 2 unspecified atom stereocenters. The fraction of sp³-hybridized carbons (Fsp3) is 0.562. The number of nitrogens with zero attached hydrogens (tertiary/aromatic N) is 2. The van der Waals surface area contributed by atoms with Crippen molar-refractivity contribution in [2.75, 3.05) is 76.1 Å². The number of methoxy groups -OCH3 is 1. The summed E-state index contributed by atoms with van der Waals surface area (Å²) in [4.78, 5) is 32.1. The van der Waals surface area contributed by atoms with Gasteiger partial charge in [-0.15, -0.1) is 0 Å². The van der Waals surface area contributed by atoms with Gasteiger partial charge in [-0.3, -0.25) is 19.0 Å². The summed E-state index contributed by atoms with van der Waals surface area (Å²) >= 11 is 12.9. The number of hydrogen-bond acceptors (Lipinski definition) is 11. The number of carbonyl (C=O) groups is 2. The lowest BCUT2D eigenvalue weighted by Gasteiger charge is -2.46. The predicted molar refractivity (Wildman–Crippen MR) is 369 cm³/mol. The smallest absolute Gasteiger partial charge is 0.262 e. The van der Waals surface area contributed by atoms with E-state index in [4.69, 9.17) is 46.9 Å². The van der Waals surface area contributed by atoms with Crippen molar-refractivity contribution < 1.29 is 41.7 Å². The van der Waals surface area contributed by atoms with E-state index in [1.807, 2.05) is 50.2 Å². The van der Waals surface area contributed by atoms with Crippen molar-refractivity contribution in [1.82, 2.24) is 9.44 Å². The molecule has 488 valence electrons. The van der Waals surface area contributed by atoms with Gasteiger partial charge in [0.15, 0.2) is 0 Å². The van der Waals surface area contributed by atoms with Gasteiger partial charge in [0.05, 0.1) is 69.4 Å². The molecular weight excluding hydrogens is 1210 g/mol. The maximum absolute atomic E-state index is 13.8. The number of benzene rings is 4. The van der Waals surface area contributed by atoms with E-state index in [2.05, 4.69) is 100 Å². The van der Waals surface area contributed by atoms with E-state index in [9.17, 15) is 18.0 Å². The summed E-state index contributed by atoms with van der Waals surface area (Å²) in [7, 11) is -4.11. The Hall–Kier alpha value is -5.00. The third-order valence-electron chi connectivity index (χ3n) is 21.7. The van der Waals surface area contributed by atoms with Gasteiger partial charge in [-0.05, 0) is 227 Å². The molecule has 2 saturated carbocycles. The Morgan fingerprint density at radius 3 is 1.50 bits per heavy atom. The molecule has 17 heteroatoms. The fourth-order valence-corrected chi connectivity index (χ4v) is 18.8. The number of unbranched alkanes of at least 4 members (excludes halogenated alkanes) is 1. The van der Waals surface area contributed by atoms with Crippen LogP contribution in [0.25, 0.3) is 0 Å². The van der Waals surface area contributed by atoms with Crippen molar-refractivity contribution >= 4 is 77.5 Å². The summed E-state index contributed by atoms with van der Waals surface area (Å²) in [5, 5.41) is 0.924. The Labute approximate surface area is 547 Å². The molecule has 4 aromatic carbocycles. The van der Waals surface area contributed by atoms with Gasteiger partial charge in [-0.25, -0.2) is 8.42 Å². The maximum atomic E-state index is 13.8. The van der Waals surface area contributed by atoms with Crippen molar-refractivity contribution in [2.45, 2.75) is 158 Å². The molecule has 4 bridgehead atoms. The van der Waals surface area contributed by atoms with E-state index in [1.165, 1.54) is 22.3 Å². The number of fused-ring (bicyclic) bond motifs is 8. The molecule has 2 N–H and O–H groups in total. The quantitative estimate of drug-likeness (QED) is 0.0988. The summed E-state index contributed by atoms with van der Waals surface area (Å²) in [6, 6.07) is 23.9. The first-order valence-electron chi connectivity index (χ1n) is 33.2. The number of carbonyl (C=O) groups excluding carboxylic acids is 2. The first-order valence-corrected chi connectivity index (χ1v) is 37.6. The lowest BCUT2D eigenvalue weighted by Crippen LogP contribution is -2.49. The minimum absolute atomic E-state index is 0.0290. The van der Waals surface area contributed by atoms with Crippen molar-refractivity contribution in [3.05, 3.63) is 141 Å². The molecule has 0 saturated heterocycles. The highest BCUT2D eigenvalue weighted by molar-refractivity contribution is 7.99. The van der Waals surface area contributed by atoms with E-state index in [1.54, 1.807) is 19.2 Å². The molecule has 13 nitrogen and oxygen atoms in total. The van der Waals surface area contributed by atoms with Gasteiger partial charge in [0.2, 0.25) is 0 Å². The van der Waals surface area contributed by atoms with E-state index in [-0.39, 0.29) is 57.2 Å². The van der Waals surface area contributed by atoms with Crippen LogP contribution in [0.5, 0.6) is 11.5 Å². The number of aryl methyl sites for hydroxylation is 2. The second kappa shape index (κ2) is 28.3. The van der Waals surface area contributed by atoms with Crippen molar-refractivity contribution in [3.63, 3.8) is 0 Å². The highest BCUT2D eigenvalue weighted by Gasteiger charge is 2.47. The standard InChI is InChI=1S/C37H49ClN2O4S.C36H47ClN2O5S/c1-5-6-19-43-34-11-7-9-25(2)26(3)45(4,42)39-36(41)28-13-17-35-33(21-28)40(22-29-12-15-31(29)34)23-37(24-44-35)18-8-10-27-20-30(38)14-16-32(27)37;1-24-7-5-9-33(43-18-17-42-3)30-13-10-28(30)21-39-22-36(16-6-8-26-19-29(37)12-14-31(26)36)23-44-34-15-11-27(20-32(34)39)35(40)38-45(4,41)25(24)2/h7,11,13-14,16-17,20-21,25-26,29,31,34H,4-6,8-10,12,15,18-19,22-24H2,1-3H3,(H,39,41,42);5,9,11-12,14-15,19-20,24-25,28,30,33H,4,6-8,10,13,16-18,21-23H2,1-3H3,(H,38,40,41)/b11-7+;9-5+/t25-,26+,29-,31+,34-,37-,45?;24-,25+,28-,30+,33-,36-,45?/m00/s1. The number of ether oxygens (including phenoxy) is 5. The van der Waals surface area contributed by atoms with Crippen molar-refractivity contribution in [3.8, 4) is 11.5 Å². The zero-order chi connectivity index (χ0) is 63.5. The van der Waals surface area contributed by atoms with E-state index in [0.29, 0.717) is 61.2 Å². The predicted octanol–water partition coefficient (Wildman–Crippen LogP) is 13.6. The van der Waals surface area contributed by atoms with Crippen LogP contribution in [-0.4, -0.2) is 121 Å². The summed E-state index contributed by atoms with van der Waals surface area (Å²) in [5.74, 6) is 10.6. The van der Waals surface area contributed by atoms with Gasteiger partial charge in [0, 0.05) is 82.4 Å². The summed E-state index contributed by atoms with van der Waals surface area (Å²) in [6.45, 7) is 16.4. The molecule has 8 aliphatic rings. The second-order valence-corrected chi connectivity index (χ2v) is 33.3. The maximum Gasteiger partial charge on any atom is 0.262 e. The average molecular weight is 1310 g/mol. The van der Waals surface area contributed by atoms with Gasteiger partial charge in [-0.2, -0.15) is 0 Å². The van der Waals surface area contributed by atoms with E-state index < -0.39 is 19.4 Å². The Morgan fingerprint density at radius 2 is 1.08 bits per heavy atom. The lowest BCUT2D eigenvalue weighted by atomic mass is 9.68. The van der Waals surface area contributed by atoms with Crippen LogP contribution >= 0.6 is 23.2 Å². The number of hydrogen-bond donors (Lipinski definition) is 2. The summed E-state index contributed by atoms with van der Waals surface area (Å²) in [6.07, 6.45) is 23.2. The largest absolute Gasteiger partial charge is 0.490 e. The third-order valence-corrected chi connectivity index (χ3v) is 26.6. The van der Waals surface area contributed by atoms with E-state index >= 15 is 0 Å². The van der Waals surface area contributed by atoms with Gasteiger partial charge < -0.3 is 33.5 Å². The molecule has 14 atom stereocenters. The van der Waals surface area contributed by atoms with Gasteiger partial charge in [-0.1, -0.05) is 86.8 Å². The average Bonchev–Trinajstić information content (AvgIpc) is 1.70. The molecule has 4 aliphatic carbocycles. The lowest BCUT2D eigenvalue weighted by molar-refractivity contribution is -0.0309. The van der Waals surface area contributed by atoms with Crippen LogP contribution in [-0.2, 0) is 57.3 Å². The van der Waals surface area contributed by atoms with Crippen LogP contribution in [0.3, 0.4) is 0 Å². The van der Waals surface area contributed by atoms with Gasteiger partial charge in [0.25, 0.3) is 11.8 Å². The number of halogens is 2. The van der Waals surface area contributed by atoms with Crippen LogP contribution < -0.4 is 28.7 Å². The topological polar surface area (TPSA) is 145 Å². The number of nitrogens with one attached hydrogen (secondary N) is 2. The van der Waals surface area contributed by atoms with Crippen LogP contribution in [0.2, 0.25) is 10.0 Å². The summed E-state index contributed by atoms with van der Waals surface area (Å²) in [5.41, 5.74) is 7.61. The van der Waals surface area contributed by atoms with Gasteiger partial charge in [0.1, 0.15) is 11.5 Å². The second-order valence-electron chi connectivity index (χ2n) is 27.6. The minimum Gasteiger partial charge on any atom is -0.490 e. The molecule has 90 heavy (non-hydrogen) atoms. The molecule has 12 rings (SSSR count). The molecule has 4 heterocycles. The number of allylic oxidation sites excluding steroid dienone is 2. The molecular formula is C73H96Cl2N4O9S2. The molecule has 4 aliphatic heterocycles. The van der Waals surface area contributed by atoms with Crippen molar-refractivity contribution in [2.24, 2.45) is 35.5 Å². The van der Waals surface area contributed by atoms with Crippen LogP contribution in [0.15, 0.2) is 97.1 Å². The molecule has 0 aromatic heterocycles. The first kappa shape index (κ1) is 66.5. The highest BCUT2D eigenvalue weighted by atomic mass is 35.5. The van der Waals surface area contributed by atoms with Crippen LogP contribution in [0.4, 0.5) is 11.4 Å². The Balaban J connectivity index is 0.000000185. The number of anilines is 2. The Bertz CT molecular complexity index is 3310. The van der Waals surface area contributed by atoms with E-state index in [0.717, 1.165) is 156 Å². The molecule has 2 amide bonds. The third kappa shape index (κ3) is 14.4. The zero-order valence-corrected chi connectivity index (χ0v) is 57.0. The highest BCUT2D eigenvalue weighted by Crippen LogP contribution is 2.50. The zero-order valence-electron chi connectivity index (χ0n) is 53.8. The minimum atomic E-state index is -2.91. The number of amides is 2. The molecule has 2 spiro atoms. The molecule has 2 fully saturated rings. The monoisotopic (exact) mass is 1310 g/mol.